The highest BCUT2D eigenvalue weighted by Crippen LogP contribution is 2.53. The molecule has 15 nitrogen and oxygen atoms in total. The van der Waals surface area contributed by atoms with Crippen molar-refractivity contribution in [3.63, 3.8) is 0 Å². The fourth-order valence-corrected chi connectivity index (χ4v) is 12.8. The predicted molar refractivity (Wildman–Crippen MR) is 299 cm³/mol. The summed E-state index contributed by atoms with van der Waals surface area (Å²) >= 11 is 0. The van der Waals surface area contributed by atoms with Crippen LogP contribution < -0.4 is 15.0 Å². The summed E-state index contributed by atoms with van der Waals surface area (Å²) in [5, 5.41) is 14.6. The number of hydrogen-bond donors (Lipinski definition) is 2. The number of piperidine rings is 3. The zero-order chi connectivity index (χ0) is 55.2. The van der Waals surface area contributed by atoms with Crippen LogP contribution in [0.3, 0.4) is 0 Å². The zero-order valence-corrected chi connectivity index (χ0v) is 46.2. The average Bonchev–Trinajstić information content (AvgIpc) is 4.35. The number of hydrogen-bond acceptors (Lipinski definition) is 14. The molecule has 0 radical (unpaired) electrons. The van der Waals surface area contributed by atoms with Crippen LogP contribution in [-0.4, -0.2) is 158 Å². The zero-order valence-electron chi connectivity index (χ0n) is 46.2. The van der Waals surface area contributed by atoms with Gasteiger partial charge in [0.1, 0.15) is 34.9 Å². The molecule has 6 fully saturated rings. The number of carbonyl (C=O) groups is 4. The molecule has 6 aliphatic rings. The number of aromatic hydroxyl groups is 1. The lowest BCUT2D eigenvalue weighted by Crippen LogP contribution is -2.56. The molecule has 2 saturated carbocycles. The Morgan fingerprint density at radius 2 is 1.65 bits per heavy atom. The minimum absolute atomic E-state index is 0.00642. The second-order valence-corrected chi connectivity index (χ2v) is 23.3. The number of pyridine rings is 1. The Hall–Kier alpha value is -6.01. The second-order valence-electron chi connectivity index (χ2n) is 23.3. The molecule has 418 valence electrons. The van der Waals surface area contributed by atoms with Crippen molar-refractivity contribution in [3.8, 4) is 23.0 Å². The number of likely N-dealkylation sites (tertiary alicyclic amines) is 2. The number of benzene rings is 3. The SMILES string of the molecule is CC(CCC=O)N(C)C.CCc1c(F)ccc2cc(O)cc(-c3ncc4c(N5CCCC6(CCO6)C5)nc(OCC5(CN6CCC7(CC6)CC(N6CCC(c8ccc(C=O)c(C=O)c8)CC6)C7)CC5)nc4c3F)c12.CNC=O. The average molecular weight is 1070 g/mol. The standard InChI is InChI=1S/C52H58F2N6O5.C7H15NO.C2H5NO/c1-2-40-43(53)7-6-35-23-39(63)24-41(44(35)40)46-45(54)47-42(27-55-46)48(60-16-3-10-52(31-60)15-21-65-52)57-49(56-47)64-32-51(11-12-51)30-58-19-13-50(14-20-58)25-38(26-50)59-17-8-33(9-18-59)34-4-5-36(28-61)37(22-34)29-62;1-7(8(2)3)5-4-6-9;1-3-2-4/h4-7,22-24,27-29,33,38,63H,2-3,8-21,25-26,30-32H2,1H3;6-7H,4-5H2,1-3H3;2H,1H3,(H,3,4). The van der Waals surface area contributed by atoms with Gasteiger partial charge in [-0.15, -0.1) is 0 Å². The number of phenols is 1. The van der Waals surface area contributed by atoms with Crippen molar-refractivity contribution in [2.45, 2.75) is 127 Å². The number of anilines is 1. The molecule has 2 unspecified atom stereocenters. The third-order valence-corrected chi connectivity index (χ3v) is 18.1. The first-order chi connectivity index (χ1) is 37.7. The second kappa shape index (κ2) is 24.6. The first-order valence-electron chi connectivity index (χ1n) is 28.2. The van der Waals surface area contributed by atoms with E-state index in [0.717, 1.165) is 116 Å². The largest absolute Gasteiger partial charge is 0.508 e. The Kier molecular flexibility index (Phi) is 17.9. The number of amides is 1. The minimum Gasteiger partial charge on any atom is -0.508 e. The van der Waals surface area contributed by atoms with E-state index in [1.165, 1.54) is 43.4 Å². The molecule has 1 amide bonds. The smallest absolute Gasteiger partial charge is 0.319 e. The topological polar surface area (TPSA) is 171 Å². The number of phenolic OH excluding ortho intramolecular Hbond substituents is 1. The molecule has 2 aliphatic carbocycles. The fraction of sp³-hybridized carbons (Fsp3) is 0.557. The van der Waals surface area contributed by atoms with Crippen molar-refractivity contribution in [1.82, 2.24) is 35.0 Å². The van der Waals surface area contributed by atoms with Gasteiger partial charge >= 0.3 is 6.01 Å². The van der Waals surface area contributed by atoms with E-state index in [0.29, 0.717) is 100 Å². The maximum atomic E-state index is 17.2. The van der Waals surface area contributed by atoms with Crippen molar-refractivity contribution in [2.75, 3.05) is 85.1 Å². The van der Waals surface area contributed by atoms with Crippen molar-refractivity contribution >= 4 is 52.8 Å². The highest BCUT2D eigenvalue weighted by atomic mass is 19.1. The van der Waals surface area contributed by atoms with Gasteiger partial charge in [-0.3, -0.25) is 19.4 Å². The number of nitrogens with one attached hydrogen (secondary N) is 1. The van der Waals surface area contributed by atoms with E-state index in [2.05, 4.69) is 36.8 Å². The molecule has 3 aromatic carbocycles. The van der Waals surface area contributed by atoms with Crippen LogP contribution in [0.1, 0.15) is 135 Å². The highest BCUT2D eigenvalue weighted by Gasteiger charge is 2.51. The molecule has 2 aromatic heterocycles. The van der Waals surface area contributed by atoms with Crippen LogP contribution in [-0.2, 0) is 20.7 Å². The van der Waals surface area contributed by atoms with Gasteiger partial charge in [-0.1, -0.05) is 25.1 Å². The highest BCUT2D eigenvalue weighted by molar-refractivity contribution is 6.02. The molecule has 17 heteroatoms. The Labute approximate surface area is 457 Å². The van der Waals surface area contributed by atoms with Gasteiger partial charge in [0, 0.05) is 79.9 Å². The summed E-state index contributed by atoms with van der Waals surface area (Å²) < 4.78 is 45.0. The molecule has 2 atom stereocenters. The molecule has 4 saturated heterocycles. The van der Waals surface area contributed by atoms with Crippen molar-refractivity contribution in [3.05, 3.63) is 82.5 Å². The monoisotopic (exact) mass is 1070 g/mol. The van der Waals surface area contributed by atoms with Gasteiger partial charge in [-0.25, -0.2) is 8.78 Å². The fourth-order valence-electron chi connectivity index (χ4n) is 12.8. The lowest BCUT2D eigenvalue weighted by atomic mass is 9.59. The summed E-state index contributed by atoms with van der Waals surface area (Å²) in [6, 6.07) is 13.0. The lowest BCUT2D eigenvalue weighted by Gasteiger charge is -2.56. The predicted octanol–water partition coefficient (Wildman–Crippen LogP) is 9.34. The number of aromatic nitrogens is 3. The van der Waals surface area contributed by atoms with Crippen LogP contribution >= 0.6 is 0 Å². The Balaban J connectivity index is 0.000000510. The summed E-state index contributed by atoms with van der Waals surface area (Å²) in [5.74, 6) is -0.114. The van der Waals surface area contributed by atoms with Crippen molar-refractivity contribution in [2.24, 2.45) is 10.8 Å². The number of fused-ring (bicyclic) bond motifs is 2. The van der Waals surface area contributed by atoms with Crippen molar-refractivity contribution < 1.29 is 42.5 Å². The number of aldehydes is 3. The first-order valence-corrected chi connectivity index (χ1v) is 28.2. The van der Waals surface area contributed by atoms with E-state index in [1.807, 2.05) is 33.2 Å². The van der Waals surface area contributed by atoms with E-state index >= 15 is 8.78 Å². The summed E-state index contributed by atoms with van der Waals surface area (Å²) in [6.07, 6.45) is 18.9. The maximum Gasteiger partial charge on any atom is 0.319 e. The lowest BCUT2D eigenvalue weighted by molar-refractivity contribution is -0.151. The molecule has 2 N–H and O–H groups in total. The molecule has 6 heterocycles. The summed E-state index contributed by atoms with van der Waals surface area (Å²) in [4.78, 5) is 65.8. The summed E-state index contributed by atoms with van der Waals surface area (Å²) in [7, 11) is 5.61. The van der Waals surface area contributed by atoms with E-state index < -0.39 is 5.82 Å². The summed E-state index contributed by atoms with van der Waals surface area (Å²) in [6.45, 7) is 11.8. The normalized spacial score (nSPS) is 21.4. The number of halogens is 2. The first kappa shape index (κ1) is 56.7. The van der Waals surface area contributed by atoms with E-state index in [1.54, 1.807) is 31.4 Å². The van der Waals surface area contributed by atoms with Gasteiger partial charge < -0.3 is 44.3 Å². The van der Waals surface area contributed by atoms with Crippen LogP contribution in [0.15, 0.2) is 48.7 Å². The number of aryl methyl sites for hydroxylation is 1. The van der Waals surface area contributed by atoms with Crippen molar-refractivity contribution in [1.29, 1.82) is 0 Å². The molecular formula is C61H78F2N8O7. The van der Waals surface area contributed by atoms with Crippen LogP contribution in [0.4, 0.5) is 14.6 Å². The van der Waals surface area contributed by atoms with E-state index in [9.17, 15) is 19.5 Å². The number of nitrogens with zero attached hydrogens (tertiary/aromatic N) is 7. The van der Waals surface area contributed by atoms with Gasteiger partial charge in [-0.05, 0) is 182 Å². The van der Waals surface area contributed by atoms with E-state index in [4.69, 9.17) is 24.2 Å². The summed E-state index contributed by atoms with van der Waals surface area (Å²) in [5.41, 5.74) is 3.13. The molecule has 5 aromatic rings. The molecule has 0 bridgehead atoms. The van der Waals surface area contributed by atoms with Gasteiger partial charge in [0.25, 0.3) is 0 Å². The number of ether oxygens (including phenoxy) is 2. The number of rotatable bonds is 17. The Morgan fingerprint density at radius 1 is 0.923 bits per heavy atom. The molecule has 2 spiro atoms. The minimum atomic E-state index is -0.664. The Morgan fingerprint density at radius 3 is 2.28 bits per heavy atom. The molecule has 4 aliphatic heterocycles. The van der Waals surface area contributed by atoms with Gasteiger partial charge in [0.05, 0.1) is 24.2 Å². The van der Waals surface area contributed by atoms with Crippen LogP contribution in [0.25, 0.3) is 32.9 Å². The third kappa shape index (κ3) is 12.4. The molecule has 11 rings (SSSR count). The quantitative estimate of drug-likeness (QED) is 0.0845. The third-order valence-electron chi connectivity index (χ3n) is 18.1. The molecular weight excluding hydrogens is 995 g/mol. The van der Waals surface area contributed by atoms with E-state index in [-0.39, 0.29) is 39.8 Å². The van der Waals surface area contributed by atoms with Gasteiger partial charge in [-0.2, -0.15) is 9.97 Å². The maximum absolute atomic E-state index is 17.2. The van der Waals surface area contributed by atoms with Gasteiger partial charge in [0.2, 0.25) is 6.41 Å². The van der Waals surface area contributed by atoms with Crippen LogP contribution in [0.2, 0.25) is 0 Å². The number of carbonyl (C=O) groups excluding carboxylic acids is 4. The van der Waals surface area contributed by atoms with Gasteiger partial charge in [0.15, 0.2) is 18.4 Å². The Bertz CT molecular complexity index is 2940. The van der Waals surface area contributed by atoms with Crippen LogP contribution in [0, 0.1) is 22.5 Å². The van der Waals surface area contributed by atoms with Crippen LogP contribution in [0.5, 0.6) is 11.8 Å². The molecule has 78 heavy (non-hydrogen) atoms.